The number of ether oxygens (including phenoxy) is 2. The molecule has 0 spiro atoms. The highest BCUT2D eigenvalue weighted by molar-refractivity contribution is 5.84. The molecule has 0 atom stereocenters. The Morgan fingerprint density at radius 2 is 1.79 bits per heavy atom. The molecule has 4 rings (SSSR count). The second kappa shape index (κ2) is 8.27. The van der Waals surface area contributed by atoms with Crippen LogP contribution in [0, 0.1) is 25.3 Å². The van der Waals surface area contributed by atoms with Gasteiger partial charge >= 0.3 is 0 Å². The Kier molecular flexibility index (Phi) is 5.38. The maximum atomic E-state index is 9.19. The number of nitriles is 1. The second-order valence-electron chi connectivity index (χ2n) is 7.19. The minimum Gasteiger partial charge on any atom is -0.484 e. The summed E-state index contributed by atoms with van der Waals surface area (Å²) in [6.45, 7) is 8.46. The Balaban J connectivity index is 1.48. The van der Waals surface area contributed by atoms with Crippen molar-refractivity contribution in [3.8, 4) is 17.8 Å². The monoisotopic (exact) mass is 392 g/mol. The van der Waals surface area contributed by atoms with Gasteiger partial charge in [0.25, 0.3) is 5.88 Å². The van der Waals surface area contributed by atoms with E-state index >= 15 is 0 Å². The van der Waals surface area contributed by atoms with Crippen LogP contribution < -0.4 is 19.7 Å². The Hall–Kier alpha value is -3.47. The molecule has 0 aliphatic carbocycles. The molecule has 29 heavy (non-hydrogen) atoms. The van der Waals surface area contributed by atoms with Crippen molar-refractivity contribution in [3.05, 3.63) is 41.6 Å². The van der Waals surface area contributed by atoms with Gasteiger partial charge in [0.15, 0.2) is 11.9 Å². The lowest BCUT2D eigenvalue weighted by molar-refractivity contribution is 0.164. The molecule has 3 heterocycles. The van der Waals surface area contributed by atoms with Crippen molar-refractivity contribution in [2.45, 2.75) is 13.8 Å². The lowest BCUT2D eigenvalue weighted by Crippen LogP contribution is -2.51. The topological polar surface area (TPSA) is 86.0 Å². The zero-order chi connectivity index (χ0) is 20.2. The quantitative estimate of drug-likeness (QED) is 0.363. The molecule has 0 unspecified atom stereocenters. The van der Waals surface area contributed by atoms with Crippen LogP contribution in [0.2, 0.25) is 0 Å². The molecule has 2 aliphatic heterocycles. The molecule has 8 heteroatoms. The van der Waals surface area contributed by atoms with Crippen LogP contribution in [-0.2, 0) is 0 Å². The summed E-state index contributed by atoms with van der Waals surface area (Å²) in [5.41, 5.74) is 4.39. The molecule has 1 saturated heterocycles. The molecule has 1 aromatic heterocycles. The van der Waals surface area contributed by atoms with Crippen LogP contribution in [0.15, 0.2) is 35.5 Å². The summed E-state index contributed by atoms with van der Waals surface area (Å²) in [4.78, 5) is 13.3. The van der Waals surface area contributed by atoms with Crippen molar-refractivity contribution in [2.75, 3.05) is 44.3 Å². The maximum Gasteiger partial charge on any atom is 0.257 e. The van der Waals surface area contributed by atoms with E-state index in [2.05, 4.69) is 57.1 Å². The first-order chi connectivity index (χ1) is 14.1. The number of benzene rings is 1. The summed E-state index contributed by atoms with van der Waals surface area (Å²) in [5, 5.41) is 11.9. The Labute approximate surface area is 170 Å². The van der Waals surface area contributed by atoms with E-state index in [0.29, 0.717) is 36.5 Å². The predicted molar refractivity (Wildman–Crippen MR) is 111 cm³/mol. The number of aromatic nitrogens is 1. The third-order valence-electron chi connectivity index (χ3n) is 4.94. The normalized spacial score (nSPS) is 16.4. The molecule has 2 aliphatic rings. The average Bonchev–Trinajstić information content (AvgIpc) is 2.73. The van der Waals surface area contributed by atoms with E-state index in [9.17, 15) is 5.26 Å². The fraction of sp³-hybridized carbons (Fsp3) is 0.381. The first-order valence-electron chi connectivity index (χ1n) is 9.70. The number of guanidine groups is 1. The van der Waals surface area contributed by atoms with Crippen LogP contribution in [0.5, 0.6) is 11.6 Å². The average molecular weight is 392 g/mol. The van der Waals surface area contributed by atoms with Gasteiger partial charge < -0.3 is 19.3 Å². The van der Waals surface area contributed by atoms with Gasteiger partial charge in [-0.05, 0) is 37.1 Å². The Morgan fingerprint density at radius 3 is 2.52 bits per heavy atom. The molecule has 1 N–H and O–H groups in total. The number of piperazine rings is 1. The van der Waals surface area contributed by atoms with Crippen molar-refractivity contribution in [3.63, 3.8) is 0 Å². The number of aryl methyl sites for hydroxylation is 2. The van der Waals surface area contributed by atoms with Crippen molar-refractivity contribution in [1.82, 2.24) is 15.2 Å². The van der Waals surface area contributed by atoms with E-state index in [1.807, 2.05) is 6.19 Å². The predicted octanol–water partition coefficient (Wildman–Crippen LogP) is 2.35. The molecule has 0 bridgehead atoms. The van der Waals surface area contributed by atoms with E-state index in [1.54, 1.807) is 12.3 Å². The highest BCUT2D eigenvalue weighted by atomic mass is 16.6. The van der Waals surface area contributed by atoms with Crippen LogP contribution in [0.1, 0.15) is 11.1 Å². The number of hydrogen-bond donors (Lipinski definition) is 1. The number of hydrogen-bond acceptors (Lipinski definition) is 6. The highest BCUT2D eigenvalue weighted by Gasteiger charge is 2.21. The van der Waals surface area contributed by atoms with Gasteiger partial charge in [0.2, 0.25) is 5.96 Å². The van der Waals surface area contributed by atoms with Crippen LogP contribution in [-0.4, -0.2) is 55.2 Å². The maximum absolute atomic E-state index is 9.19. The largest absolute Gasteiger partial charge is 0.484 e. The Bertz CT molecular complexity index is 940. The first kappa shape index (κ1) is 18.9. The summed E-state index contributed by atoms with van der Waals surface area (Å²) in [5.74, 6) is 1.58. The van der Waals surface area contributed by atoms with Crippen molar-refractivity contribution in [1.29, 1.82) is 5.26 Å². The number of nitrogens with one attached hydrogen (secondary N) is 1. The molecule has 0 amide bonds. The fourth-order valence-electron chi connectivity index (χ4n) is 3.64. The van der Waals surface area contributed by atoms with E-state index in [1.165, 1.54) is 16.8 Å². The third kappa shape index (κ3) is 4.35. The smallest absolute Gasteiger partial charge is 0.257 e. The van der Waals surface area contributed by atoms with Gasteiger partial charge in [-0.3, -0.25) is 5.32 Å². The van der Waals surface area contributed by atoms with Crippen molar-refractivity contribution >= 4 is 17.3 Å². The molecule has 1 fully saturated rings. The first-order valence-corrected chi connectivity index (χ1v) is 9.70. The van der Waals surface area contributed by atoms with E-state index in [4.69, 9.17) is 9.47 Å². The number of fused-ring (bicyclic) bond motifs is 1. The summed E-state index contributed by atoms with van der Waals surface area (Å²) < 4.78 is 11.0. The zero-order valence-electron chi connectivity index (χ0n) is 16.7. The van der Waals surface area contributed by atoms with Crippen molar-refractivity contribution in [2.24, 2.45) is 4.99 Å². The molecule has 1 aromatic carbocycles. The third-order valence-corrected chi connectivity index (χ3v) is 4.94. The fourth-order valence-corrected chi connectivity index (χ4v) is 3.64. The molecular formula is C21H24N6O2. The van der Waals surface area contributed by atoms with Gasteiger partial charge in [0.05, 0.1) is 11.9 Å². The lowest BCUT2D eigenvalue weighted by atomic mass is 10.1. The van der Waals surface area contributed by atoms with Gasteiger partial charge in [-0.1, -0.05) is 6.07 Å². The van der Waals surface area contributed by atoms with E-state index in [-0.39, 0.29) is 0 Å². The number of rotatable bonds is 2. The standard InChI is InChI=1S/C21H24N6O2/c1-15-9-16(2)11-18(10-15)26-3-5-27(6-4-26)21(24-14-22)25-17-12-19-20(23-13-17)29-8-7-28-19/h9-13H,3-8H2,1-2H3,(H,24,25). The highest BCUT2D eigenvalue weighted by Crippen LogP contribution is 2.31. The molecule has 150 valence electrons. The minimum absolute atomic E-state index is 0.479. The van der Waals surface area contributed by atoms with Crippen LogP contribution in [0.4, 0.5) is 11.4 Å². The van der Waals surface area contributed by atoms with Gasteiger partial charge in [0, 0.05) is 37.9 Å². The number of aliphatic imine (C=N–C) groups is 1. The summed E-state index contributed by atoms with van der Waals surface area (Å²) in [7, 11) is 0. The van der Waals surface area contributed by atoms with Crippen LogP contribution in [0.3, 0.4) is 0 Å². The number of nitrogens with zero attached hydrogens (tertiary/aromatic N) is 5. The molecule has 2 aromatic rings. The van der Waals surface area contributed by atoms with E-state index < -0.39 is 0 Å². The summed E-state index contributed by atoms with van der Waals surface area (Å²) in [6.07, 6.45) is 3.62. The van der Waals surface area contributed by atoms with Gasteiger partial charge in [0.1, 0.15) is 13.2 Å². The molecular weight excluding hydrogens is 368 g/mol. The van der Waals surface area contributed by atoms with Crippen LogP contribution in [0.25, 0.3) is 0 Å². The van der Waals surface area contributed by atoms with Gasteiger partial charge in [-0.25, -0.2) is 9.98 Å². The minimum atomic E-state index is 0.479. The zero-order valence-corrected chi connectivity index (χ0v) is 16.7. The van der Waals surface area contributed by atoms with Crippen molar-refractivity contribution < 1.29 is 9.47 Å². The Morgan fingerprint density at radius 1 is 1.07 bits per heavy atom. The molecule has 0 radical (unpaired) electrons. The SMILES string of the molecule is Cc1cc(C)cc(N2CCN(C(=Nc3cnc4c(c3)OCCO4)NC#N)CC2)c1. The van der Waals surface area contributed by atoms with E-state index in [0.717, 1.165) is 26.2 Å². The second-order valence-corrected chi connectivity index (χ2v) is 7.19. The molecule has 8 nitrogen and oxygen atoms in total. The van der Waals surface area contributed by atoms with Gasteiger partial charge in [-0.2, -0.15) is 5.26 Å². The van der Waals surface area contributed by atoms with Gasteiger partial charge in [-0.15, -0.1) is 0 Å². The summed E-state index contributed by atoms with van der Waals surface area (Å²) >= 11 is 0. The summed E-state index contributed by atoms with van der Waals surface area (Å²) in [6, 6.07) is 8.40. The lowest BCUT2D eigenvalue weighted by Gasteiger charge is -2.37. The number of pyridine rings is 1. The number of anilines is 1. The molecule has 0 saturated carbocycles. The van der Waals surface area contributed by atoms with Crippen LogP contribution >= 0.6 is 0 Å².